The Morgan fingerprint density at radius 2 is 2.16 bits per heavy atom. The van der Waals surface area contributed by atoms with Crippen molar-refractivity contribution in [2.45, 2.75) is 26.7 Å². The van der Waals surface area contributed by atoms with Crippen LogP contribution in [0.25, 0.3) is 5.65 Å². The predicted octanol–water partition coefficient (Wildman–Crippen LogP) is 3.32. The number of carbonyl (C=O) groups is 2. The molecule has 3 aromatic rings. The third kappa shape index (κ3) is 3.88. The Hall–Kier alpha value is -2.67. The van der Waals surface area contributed by atoms with E-state index in [1.54, 1.807) is 13.0 Å². The quantitative estimate of drug-likeness (QED) is 0.687. The Kier molecular flexibility index (Phi) is 5.14. The van der Waals surface area contributed by atoms with Crippen molar-refractivity contribution in [1.29, 1.82) is 0 Å². The maximum atomic E-state index is 12.4. The van der Waals surface area contributed by atoms with Crippen LogP contribution in [0.1, 0.15) is 34.8 Å². The molecule has 3 rings (SSSR count). The molecule has 0 spiro atoms. The summed E-state index contributed by atoms with van der Waals surface area (Å²) < 4.78 is 6.93. The van der Waals surface area contributed by atoms with Crippen molar-refractivity contribution >= 4 is 33.9 Å². The molecule has 25 heavy (non-hydrogen) atoms. The van der Waals surface area contributed by atoms with Gasteiger partial charge in [-0.2, -0.15) is 0 Å². The fourth-order valence-corrected chi connectivity index (χ4v) is 3.48. The maximum absolute atomic E-state index is 12.4. The second kappa shape index (κ2) is 7.48. The minimum absolute atomic E-state index is 0.142. The summed E-state index contributed by atoms with van der Waals surface area (Å²) in [5.74, 6) is -0.625. The highest BCUT2D eigenvalue weighted by molar-refractivity contribution is 7.16. The summed E-state index contributed by atoms with van der Waals surface area (Å²) in [6.45, 7) is 4.06. The lowest BCUT2D eigenvalue weighted by atomic mass is 10.2. The van der Waals surface area contributed by atoms with Gasteiger partial charge in [-0.3, -0.25) is 4.79 Å². The Morgan fingerprint density at radius 1 is 1.32 bits per heavy atom. The van der Waals surface area contributed by atoms with E-state index in [0.29, 0.717) is 22.9 Å². The summed E-state index contributed by atoms with van der Waals surface area (Å²) in [7, 11) is 0. The van der Waals surface area contributed by atoms with Crippen LogP contribution in [0.5, 0.6) is 0 Å². The van der Waals surface area contributed by atoms with Gasteiger partial charge < -0.3 is 14.5 Å². The van der Waals surface area contributed by atoms with Gasteiger partial charge in [0, 0.05) is 17.3 Å². The fourth-order valence-electron chi connectivity index (χ4n) is 2.48. The number of amides is 1. The molecule has 3 heterocycles. The monoisotopic (exact) mass is 357 g/mol. The summed E-state index contributed by atoms with van der Waals surface area (Å²) in [4.78, 5) is 29.9. The van der Waals surface area contributed by atoms with Crippen LogP contribution in [0.15, 0.2) is 36.7 Å². The van der Waals surface area contributed by atoms with Crippen molar-refractivity contribution in [2.75, 3.05) is 11.9 Å². The van der Waals surface area contributed by atoms with Crippen molar-refractivity contribution in [3.8, 4) is 0 Å². The van der Waals surface area contributed by atoms with Gasteiger partial charge in [0.15, 0.2) is 0 Å². The molecular weight excluding hydrogens is 338 g/mol. The second-order valence-corrected chi connectivity index (χ2v) is 6.59. The first-order valence-corrected chi connectivity index (χ1v) is 8.94. The molecule has 0 aliphatic heterocycles. The Labute approximate surface area is 149 Å². The number of aryl methyl sites for hydroxylation is 1. The van der Waals surface area contributed by atoms with Crippen LogP contribution >= 0.6 is 11.3 Å². The number of imidazole rings is 1. The highest BCUT2D eigenvalue weighted by Crippen LogP contribution is 2.29. The lowest BCUT2D eigenvalue weighted by Gasteiger charge is -2.05. The Balaban J connectivity index is 1.75. The van der Waals surface area contributed by atoms with Crippen LogP contribution in [-0.2, 0) is 22.4 Å². The van der Waals surface area contributed by atoms with Crippen molar-refractivity contribution in [3.05, 3.63) is 52.8 Å². The number of hydrogen-bond donors (Lipinski definition) is 1. The van der Waals surface area contributed by atoms with E-state index in [9.17, 15) is 9.59 Å². The lowest BCUT2D eigenvalue weighted by molar-refractivity contribution is -0.115. The molecule has 0 saturated heterocycles. The minimum Gasteiger partial charge on any atom is -0.462 e. The van der Waals surface area contributed by atoms with Gasteiger partial charge in [-0.25, -0.2) is 9.78 Å². The molecule has 0 radical (unpaired) electrons. The van der Waals surface area contributed by atoms with Crippen molar-refractivity contribution in [1.82, 2.24) is 9.38 Å². The summed E-state index contributed by atoms with van der Waals surface area (Å²) in [6, 6.07) is 7.47. The number of fused-ring (bicyclic) bond motifs is 1. The van der Waals surface area contributed by atoms with E-state index in [4.69, 9.17) is 4.74 Å². The molecule has 0 saturated carbocycles. The van der Waals surface area contributed by atoms with Gasteiger partial charge in [0.25, 0.3) is 0 Å². The average molecular weight is 357 g/mol. The van der Waals surface area contributed by atoms with E-state index in [1.807, 2.05) is 41.9 Å². The van der Waals surface area contributed by atoms with Gasteiger partial charge in [0.1, 0.15) is 10.6 Å². The van der Waals surface area contributed by atoms with Crippen LogP contribution in [0.4, 0.5) is 5.00 Å². The molecule has 6 nitrogen and oxygen atoms in total. The molecule has 0 aliphatic rings. The molecular formula is C18H19N3O3S. The third-order valence-corrected chi connectivity index (χ3v) is 4.83. The van der Waals surface area contributed by atoms with Crippen LogP contribution in [-0.4, -0.2) is 27.9 Å². The minimum atomic E-state index is -0.415. The zero-order chi connectivity index (χ0) is 17.8. The van der Waals surface area contributed by atoms with Gasteiger partial charge in [-0.05, 0) is 31.5 Å². The first-order valence-electron chi connectivity index (χ1n) is 8.13. The number of hydrogen-bond acceptors (Lipinski definition) is 5. The molecule has 7 heteroatoms. The highest BCUT2D eigenvalue weighted by atomic mass is 32.1. The number of carbonyl (C=O) groups excluding carboxylic acids is 2. The van der Waals surface area contributed by atoms with Gasteiger partial charge in [0.2, 0.25) is 5.91 Å². The Morgan fingerprint density at radius 3 is 2.88 bits per heavy atom. The number of esters is 1. The van der Waals surface area contributed by atoms with Gasteiger partial charge in [-0.1, -0.05) is 13.0 Å². The summed E-state index contributed by atoms with van der Waals surface area (Å²) in [5, 5.41) is 3.36. The topological polar surface area (TPSA) is 72.7 Å². The third-order valence-electron chi connectivity index (χ3n) is 3.64. The van der Waals surface area contributed by atoms with E-state index in [2.05, 4.69) is 10.3 Å². The molecule has 3 aromatic heterocycles. The van der Waals surface area contributed by atoms with Gasteiger partial charge in [-0.15, -0.1) is 11.3 Å². The van der Waals surface area contributed by atoms with Gasteiger partial charge in [0.05, 0.1) is 24.3 Å². The normalized spacial score (nSPS) is 10.8. The van der Waals surface area contributed by atoms with Gasteiger partial charge >= 0.3 is 5.97 Å². The summed E-state index contributed by atoms with van der Waals surface area (Å²) >= 11 is 1.40. The molecule has 0 atom stereocenters. The van der Waals surface area contributed by atoms with E-state index in [0.717, 1.165) is 16.9 Å². The molecule has 0 unspecified atom stereocenters. The molecule has 1 amide bonds. The number of rotatable bonds is 6. The number of nitrogens with one attached hydrogen (secondary N) is 1. The summed E-state index contributed by atoms with van der Waals surface area (Å²) in [6.07, 6.45) is 4.64. The SMILES string of the molecule is CCOC(=O)c1cc(CC)sc1NC(=O)Cc1cn2ccccc2n1. The van der Waals surface area contributed by atoms with Crippen LogP contribution in [0.3, 0.4) is 0 Å². The lowest BCUT2D eigenvalue weighted by Crippen LogP contribution is -2.16. The van der Waals surface area contributed by atoms with E-state index in [-0.39, 0.29) is 12.3 Å². The predicted molar refractivity (Wildman–Crippen MR) is 97.2 cm³/mol. The number of anilines is 1. The van der Waals surface area contributed by atoms with Crippen LogP contribution in [0, 0.1) is 0 Å². The second-order valence-electron chi connectivity index (χ2n) is 5.45. The molecule has 0 fully saturated rings. The molecule has 0 aliphatic carbocycles. The molecule has 130 valence electrons. The standard InChI is InChI=1S/C18H19N3O3S/c1-3-13-10-14(18(23)24-4-2)17(25-13)20-16(22)9-12-11-21-8-6-5-7-15(21)19-12/h5-8,10-11H,3-4,9H2,1-2H3,(H,20,22). The van der Waals surface area contributed by atoms with Crippen LogP contribution < -0.4 is 5.32 Å². The summed E-state index contributed by atoms with van der Waals surface area (Å²) in [5.41, 5.74) is 1.88. The number of ether oxygens (including phenoxy) is 1. The number of pyridine rings is 1. The van der Waals surface area contributed by atoms with E-state index in [1.165, 1.54) is 11.3 Å². The first kappa shape index (κ1) is 17.2. The number of nitrogens with zero attached hydrogens (tertiary/aromatic N) is 2. The number of thiophene rings is 1. The van der Waals surface area contributed by atoms with Crippen molar-refractivity contribution in [3.63, 3.8) is 0 Å². The molecule has 1 N–H and O–H groups in total. The smallest absolute Gasteiger partial charge is 0.341 e. The Bertz CT molecular complexity index is 880. The highest BCUT2D eigenvalue weighted by Gasteiger charge is 2.19. The zero-order valence-electron chi connectivity index (χ0n) is 14.1. The van der Waals surface area contributed by atoms with Crippen LogP contribution in [0.2, 0.25) is 0 Å². The first-order chi connectivity index (χ1) is 12.1. The molecule has 0 bridgehead atoms. The maximum Gasteiger partial charge on any atom is 0.341 e. The average Bonchev–Trinajstić information content (AvgIpc) is 3.18. The van der Waals surface area contributed by atoms with E-state index < -0.39 is 5.97 Å². The number of aromatic nitrogens is 2. The largest absolute Gasteiger partial charge is 0.462 e. The molecule has 0 aromatic carbocycles. The zero-order valence-corrected chi connectivity index (χ0v) is 14.9. The van der Waals surface area contributed by atoms with E-state index >= 15 is 0 Å². The fraction of sp³-hybridized carbons (Fsp3) is 0.278. The van der Waals surface area contributed by atoms with Crippen molar-refractivity contribution in [2.24, 2.45) is 0 Å². The van der Waals surface area contributed by atoms with Crippen molar-refractivity contribution < 1.29 is 14.3 Å².